The lowest BCUT2D eigenvalue weighted by Gasteiger charge is -2.10. The van der Waals surface area contributed by atoms with Crippen LogP contribution in [-0.2, 0) is 0 Å². The molecule has 0 unspecified atom stereocenters. The summed E-state index contributed by atoms with van der Waals surface area (Å²) >= 11 is 0. The van der Waals surface area contributed by atoms with Gasteiger partial charge in [-0.3, -0.25) is 4.79 Å². The van der Waals surface area contributed by atoms with Crippen molar-refractivity contribution in [2.75, 3.05) is 12.4 Å². The molecule has 0 fully saturated rings. The highest BCUT2D eigenvalue weighted by Gasteiger charge is 2.13. The van der Waals surface area contributed by atoms with Gasteiger partial charge in [-0.15, -0.1) is 0 Å². The van der Waals surface area contributed by atoms with E-state index in [9.17, 15) is 9.18 Å². The van der Waals surface area contributed by atoms with Crippen molar-refractivity contribution in [3.63, 3.8) is 0 Å². The third-order valence-corrected chi connectivity index (χ3v) is 2.69. The average molecular weight is 260 g/mol. The normalized spacial score (nSPS) is 10.1. The molecule has 4 nitrogen and oxygen atoms in total. The molecule has 0 aliphatic rings. The molecular formula is C14H13FN2O2. The third kappa shape index (κ3) is 2.88. The van der Waals surface area contributed by atoms with Crippen molar-refractivity contribution in [2.45, 2.75) is 6.92 Å². The second-order valence-electron chi connectivity index (χ2n) is 3.98. The molecule has 5 heteroatoms. The molecule has 1 heterocycles. The van der Waals surface area contributed by atoms with Crippen LogP contribution >= 0.6 is 0 Å². The van der Waals surface area contributed by atoms with E-state index < -0.39 is 11.9 Å². The lowest BCUT2D eigenvalue weighted by atomic mass is 10.1. The number of hydrogen-bond donors (Lipinski definition) is 1. The van der Waals surface area contributed by atoms with E-state index in [0.29, 0.717) is 11.4 Å². The molecule has 0 atom stereocenters. The van der Waals surface area contributed by atoms with Gasteiger partial charge in [0.2, 0.25) is 5.95 Å². The van der Waals surface area contributed by atoms with E-state index >= 15 is 0 Å². The zero-order valence-electron chi connectivity index (χ0n) is 10.6. The summed E-state index contributed by atoms with van der Waals surface area (Å²) in [5.74, 6) is -0.618. The maximum absolute atomic E-state index is 13.4. The van der Waals surface area contributed by atoms with Gasteiger partial charge >= 0.3 is 0 Å². The molecule has 0 bridgehead atoms. The van der Waals surface area contributed by atoms with Crippen LogP contribution in [0.5, 0.6) is 5.75 Å². The van der Waals surface area contributed by atoms with Gasteiger partial charge < -0.3 is 10.1 Å². The van der Waals surface area contributed by atoms with Gasteiger partial charge in [-0.1, -0.05) is 0 Å². The van der Waals surface area contributed by atoms with Gasteiger partial charge in [0.1, 0.15) is 5.75 Å². The maximum Gasteiger partial charge on any atom is 0.260 e. The quantitative estimate of drug-likeness (QED) is 0.863. The zero-order chi connectivity index (χ0) is 13.8. The van der Waals surface area contributed by atoms with Crippen LogP contribution < -0.4 is 10.1 Å². The number of nitrogens with one attached hydrogen (secondary N) is 1. The molecular weight excluding hydrogens is 247 g/mol. The van der Waals surface area contributed by atoms with Crippen LogP contribution in [0.1, 0.15) is 15.9 Å². The zero-order valence-corrected chi connectivity index (χ0v) is 10.6. The predicted molar refractivity (Wildman–Crippen MR) is 69.9 cm³/mol. The second kappa shape index (κ2) is 5.48. The Hall–Kier alpha value is -2.43. The van der Waals surface area contributed by atoms with Crippen molar-refractivity contribution in [1.29, 1.82) is 0 Å². The van der Waals surface area contributed by atoms with Crippen LogP contribution in [0.4, 0.5) is 10.1 Å². The molecule has 1 amide bonds. The van der Waals surface area contributed by atoms with Crippen LogP contribution in [0, 0.1) is 12.9 Å². The number of methoxy groups -OCH3 is 1. The van der Waals surface area contributed by atoms with Crippen molar-refractivity contribution in [1.82, 2.24) is 4.98 Å². The summed E-state index contributed by atoms with van der Waals surface area (Å²) in [7, 11) is 1.57. The van der Waals surface area contributed by atoms with Crippen LogP contribution in [0.15, 0.2) is 36.5 Å². The highest BCUT2D eigenvalue weighted by atomic mass is 19.1. The number of carbonyl (C=O) groups excluding carboxylic acids is 1. The number of amides is 1. The van der Waals surface area contributed by atoms with Crippen LogP contribution in [0.25, 0.3) is 0 Å². The largest absolute Gasteiger partial charge is 0.497 e. The van der Waals surface area contributed by atoms with Gasteiger partial charge in [0, 0.05) is 11.9 Å². The molecule has 1 aromatic carbocycles. The molecule has 2 aromatic rings. The highest BCUT2D eigenvalue weighted by Crippen LogP contribution is 2.21. The lowest BCUT2D eigenvalue weighted by Crippen LogP contribution is -2.15. The number of pyridine rings is 1. The predicted octanol–water partition coefficient (Wildman–Crippen LogP) is 2.79. The Bertz CT molecular complexity index is 614. The van der Waals surface area contributed by atoms with Crippen molar-refractivity contribution in [3.05, 3.63) is 53.6 Å². The van der Waals surface area contributed by atoms with Crippen LogP contribution in [-0.4, -0.2) is 18.0 Å². The summed E-state index contributed by atoms with van der Waals surface area (Å²) in [6.07, 6.45) is 1.30. The minimum absolute atomic E-state index is 0.0854. The molecule has 0 saturated heterocycles. The smallest absolute Gasteiger partial charge is 0.260 e. The molecule has 19 heavy (non-hydrogen) atoms. The van der Waals surface area contributed by atoms with E-state index in [1.807, 2.05) is 6.92 Å². The monoisotopic (exact) mass is 260 g/mol. The van der Waals surface area contributed by atoms with E-state index in [-0.39, 0.29) is 5.56 Å². The second-order valence-corrected chi connectivity index (χ2v) is 3.98. The molecule has 1 aromatic heterocycles. The summed E-state index contributed by atoms with van der Waals surface area (Å²) in [4.78, 5) is 15.4. The maximum atomic E-state index is 13.4. The SMILES string of the molecule is COc1ccc(NC(=O)c2cccnc2F)c(C)c1. The van der Waals surface area contributed by atoms with Gasteiger partial charge in [-0.25, -0.2) is 4.98 Å². The van der Waals surface area contributed by atoms with E-state index in [0.717, 1.165) is 5.56 Å². The number of rotatable bonds is 3. The van der Waals surface area contributed by atoms with Crippen molar-refractivity contribution in [2.24, 2.45) is 0 Å². The summed E-state index contributed by atoms with van der Waals surface area (Å²) in [6.45, 7) is 1.83. The van der Waals surface area contributed by atoms with Gasteiger partial charge in [0.05, 0.1) is 12.7 Å². The minimum Gasteiger partial charge on any atom is -0.497 e. The summed E-state index contributed by atoms with van der Waals surface area (Å²) in [5.41, 5.74) is 1.35. The van der Waals surface area contributed by atoms with Crippen molar-refractivity contribution < 1.29 is 13.9 Å². The molecule has 0 radical (unpaired) electrons. The lowest BCUT2D eigenvalue weighted by molar-refractivity contribution is 0.102. The van der Waals surface area contributed by atoms with Gasteiger partial charge in [-0.2, -0.15) is 4.39 Å². The number of aryl methyl sites for hydroxylation is 1. The van der Waals surface area contributed by atoms with E-state index in [4.69, 9.17) is 4.74 Å². The number of hydrogen-bond acceptors (Lipinski definition) is 3. The number of ether oxygens (including phenoxy) is 1. The first-order valence-corrected chi connectivity index (χ1v) is 5.68. The van der Waals surface area contributed by atoms with Crippen LogP contribution in [0.3, 0.4) is 0 Å². The van der Waals surface area contributed by atoms with Crippen molar-refractivity contribution >= 4 is 11.6 Å². The molecule has 1 N–H and O–H groups in total. The Labute approximate surface area is 110 Å². The molecule has 0 spiro atoms. The van der Waals surface area contributed by atoms with Gasteiger partial charge in [0.25, 0.3) is 5.91 Å². The number of anilines is 1. The standard InChI is InChI=1S/C14H13FN2O2/c1-9-8-10(19-2)5-6-12(9)17-14(18)11-4-3-7-16-13(11)15/h3-8H,1-2H3,(H,17,18). The highest BCUT2D eigenvalue weighted by molar-refractivity contribution is 6.04. The number of benzene rings is 1. The summed E-state index contributed by atoms with van der Waals surface area (Å²) in [6, 6.07) is 8.12. The fraction of sp³-hybridized carbons (Fsp3) is 0.143. The summed E-state index contributed by atoms with van der Waals surface area (Å²) in [5, 5.41) is 2.64. The fourth-order valence-electron chi connectivity index (χ4n) is 1.65. The number of halogens is 1. The molecule has 2 rings (SSSR count). The van der Waals surface area contributed by atoms with E-state index in [1.165, 1.54) is 18.3 Å². The molecule has 98 valence electrons. The van der Waals surface area contributed by atoms with Gasteiger partial charge in [-0.05, 0) is 42.8 Å². The Kier molecular flexibility index (Phi) is 3.75. The fourth-order valence-corrected chi connectivity index (χ4v) is 1.65. The van der Waals surface area contributed by atoms with Crippen molar-refractivity contribution in [3.8, 4) is 5.75 Å². The topological polar surface area (TPSA) is 51.2 Å². The molecule has 0 aliphatic heterocycles. The molecule has 0 saturated carbocycles. The Morgan fingerprint density at radius 2 is 2.16 bits per heavy atom. The summed E-state index contributed by atoms with van der Waals surface area (Å²) < 4.78 is 18.4. The average Bonchev–Trinajstić information content (AvgIpc) is 2.41. The minimum atomic E-state index is -0.786. The molecule has 0 aliphatic carbocycles. The van der Waals surface area contributed by atoms with E-state index in [1.54, 1.807) is 25.3 Å². The number of nitrogens with zero attached hydrogens (tertiary/aromatic N) is 1. The van der Waals surface area contributed by atoms with Gasteiger partial charge in [0.15, 0.2) is 0 Å². The number of aromatic nitrogens is 1. The first kappa shape index (κ1) is 13.0. The Morgan fingerprint density at radius 1 is 1.37 bits per heavy atom. The Balaban J connectivity index is 2.22. The first-order chi connectivity index (χ1) is 9.11. The Morgan fingerprint density at radius 3 is 2.79 bits per heavy atom. The van der Waals surface area contributed by atoms with E-state index in [2.05, 4.69) is 10.3 Å². The first-order valence-electron chi connectivity index (χ1n) is 5.68. The number of carbonyl (C=O) groups is 1. The van der Waals surface area contributed by atoms with Crippen LogP contribution in [0.2, 0.25) is 0 Å². The third-order valence-electron chi connectivity index (χ3n) is 2.69.